The second-order valence-electron chi connectivity index (χ2n) is 6.52. The monoisotopic (exact) mass is 353 g/mol. The second kappa shape index (κ2) is 6.54. The van der Waals surface area contributed by atoms with Gasteiger partial charge in [-0.2, -0.15) is 0 Å². The summed E-state index contributed by atoms with van der Waals surface area (Å²) in [6.07, 6.45) is 0. The molecular weight excluding hydrogens is 334 g/mol. The number of hydrogen-bond donors (Lipinski definition) is 1. The molecule has 0 spiro atoms. The molecule has 1 aliphatic rings. The zero-order chi connectivity index (χ0) is 17.4. The van der Waals surface area contributed by atoms with Gasteiger partial charge in [-0.25, -0.2) is 0 Å². The molecule has 128 valence electrons. The van der Waals surface area contributed by atoms with Crippen LogP contribution in [0, 0.1) is 0 Å². The molecule has 2 aromatic carbocycles. The molecule has 5 heteroatoms. The van der Waals surface area contributed by atoms with Crippen LogP contribution in [0.5, 0.6) is 0 Å². The SMILES string of the molecule is CN1CCN(c2c(-c3ccccc3)c3cc(Cl)ccc3[nH]c2=O)CC1. The molecule has 3 aromatic rings. The first kappa shape index (κ1) is 16.2. The van der Waals surface area contributed by atoms with Gasteiger partial charge in [0.25, 0.3) is 5.56 Å². The first-order valence-electron chi connectivity index (χ1n) is 8.48. The van der Waals surface area contributed by atoms with Crippen molar-refractivity contribution in [3.8, 4) is 11.1 Å². The van der Waals surface area contributed by atoms with E-state index in [1.807, 2.05) is 36.4 Å². The number of anilines is 1. The van der Waals surface area contributed by atoms with Gasteiger partial charge >= 0.3 is 0 Å². The van der Waals surface area contributed by atoms with Crippen molar-refractivity contribution in [2.75, 3.05) is 38.1 Å². The summed E-state index contributed by atoms with van der Waals surface area (Å²) in [6.45, 7) is 3.57. The number of aromatic nitrogens is 1. The summed E-state index contributed by atoms with van der Waals surface area (Å²) < 4.78 is 0. The van der Waals surface area contributed by atoms with E-state index < -0.39 is 0 Å². The lowest BCUT2D eigenvalue weighted by Gasteiger charge is -2.34. The van der Waals surface area contributed by atoms with E-state index in [-0.39, 0.29) is 5.56 Å². The minimum Gasteiger partial charge on any atom is -0.364 e. The van der Waals surface area contributed by atoms with Crippen LogP contribution in [-0.4, -0.2) is 43.1 Å². The van der Waals surface area contributed by atoms with E-state index in [1.165, 1.54) is 0 Å². The second-order valence-corrected chi connectivity index (χ2v) is 6.96. The molecule has 4 rings (SSSR count). The van der Waals surface area contributed by atoms with Crippen molar-refractivity contribution >= 4 is 28.2 Å². The highest BCUT2D eigenvalue weighted by Crippen LogP contribution is 2.35. The summed E-state index contributed by atoms with van der Waals surface area (Å²) in [4.78, 5) is 20.5. The van der Waals surface area contributed by atoms with E-state index in [0.29, 0.717) is 5.02 Å². The molecule has 0 saturated carbocycles. The summed E-state index contributed by atoms with van der Waals surface area (Å²) in [5.41, 5.74) is 3.51. The highest BCUT2D eigenvalue weighted by atomic mass is 35.5. The standard InChI is InChI=1S/C20H20ClN3O/c1-23-9-11-24(12-10-23)19-18(14-5-3-2-4-6-14)16-13-15(21)7-8-17(16)22-20(19)25/h2-8,13H,9-12H2,1H3,(H,22,25). The molecular formula is C20H20ClN3O. The van der Waals surface area contributed by atoms with Crippen LogP contribution >= 0.6 is 11.6 Å². The number of rotatable bonds is 2. The number of hydrogen-bond acceptors (Lipinski definition) is 3. The third-order valence-electron chi connectivity index (χ3n) is 4.83. The van der Waals surface area contributed by atoms with Gasteiger partial charge < -0.3 is 14.8 Å². The Morgan fingerprint density at radius 3 is 2.44 bits per heavy atom. The number of aromatic amines is 1. The summed E-state index contributed by atoms with van der Waals surface area (Å²) >= 11 is 6.26. The lowest BCUT2D eigenvalue weighted by Crippen LogP contribution is -2.46. The van der Waals surface area contributed by atoms with Gasteiger partial charge in [-0.15, -0.1) is 0 Å². The van der Waals surface area contributed by atoms with Crippen molar-refractivity contribution in [1.29, 1.82) is 0 Å². The highest BCUT2D eigenvalue weighted by molar-refractivity contribution is 6.31. The van der Waals surface area contributed by atoms with Gasteiger partial charge in [0.2, 0.25) is 0 Å². The average molecular weight is 354 g/mol. The number of nitrogens with zero attached hydrogens (tertiary/aromatic N) is 2. The van der Waals surface area contributed by atoms with Crippen molar-refractivity contribution in [3.05, 3.63) is 63.9 Å². The maximum absolute atomic E-state index is 12.9. The Balaban J connectivity index is 2.01. The zero-order valence-corrected chi connectivity index (χ0v) is 14.9. The van der Waals surface area contributed by atoms with Crippen LogP contribution in [-0.2, 0) is 0 Å². The number of fused-ring (bicyclic) bond motifs is 1. The molecule has 1 aliphatic heterocycles. The molecule has 1 aromatic heterocycles. The molecule has 1 N–H and O–H groups in total. The first-order chi connectivity index (χ1) is 12.1. The summed E-state index contributed by atoms with van der Waals surface area (Å²) in [5.74, 6) is 0. The average Bonchev–Trinajstić information content (AvgIpc) is 2.63. The lowest BCUT2D eigenvalue weighted by atomic mass is 9.98. The van der Waals surface area contributed by atoms with Gasteiger partial charge in [0.15, 0.2) is 0 Å². The smallest absolute Gasteiger partial charge is 0.272 e. The fourth-order valence-corrected chi connectivity index (χ4v) is 3.66. The lowest BCUT2D eigenvalue weighted by molar-refractivity contribution is 0.312. The Morgan fingerprint density at radius 1 is 1.00 bits per heavy atom. The van der Waals surface area contributed by atoms with Gasteiger partial charge in [-0.1, -0.05) is 41.9 Å². The van der Waals surface area contributed by atoms with Crippen molar-refractivity contribution in [1.82, 2.24) is 9.88 Å². The highest BCUT2D eigenvalue weighted by Gasteiger charge is 2.23. The largest absolute Gasteiger partial charge is 0.364 e. The maximum Gasteiger partial charge on any atom is 0.272 e. The molecule has 0 unspecified atom stereocenters. The fraction of sp³-hybridized carbons (Fsp3) is 0.250. The maximum atomic E-state index is 12.9. The van der Waals surface area contributed by atoms with Crippen LogP contribution in [0.2, 0.25) is 5.02 Å². The number of benzene rings is 2. The van der Waals surface area contributed by atoms with Gasteiger partial charge in [-0.3, -0.25) is 4.79 Å². The Labute approximate surface area is 151 Å². The predicted molar refractivity (Wildman–Crippen MR) is 105 cm³/mol. The molecule has 0 bridgehead atoms. The van der Waals surface area contributed by atoms with Crippen molar-refractivity contribution < 1.29 is 0 Å². The number of nitrogens with one attached hydrogen (secondary N) is 1. The van der Waals surface area contributed by atoms with Crippen LogP contribution in [0.25, 0.3) is 22.0 Å². The van der Waals surface area contributed by atoms with Crippen molar-refractivity contribution in [3.63, 3.8) is 0 Å². The van der Waals surface area contributed by atoms with E-state index in [1.54, 1.807) is 0 Å². The summed E-state index contributed by atoms with van der Waals surface area (Å²) in [5, 5.41) is 1.65. The Morgan fingerprint density at radius 2 is 1.72 bits per heavy atom. The minimum atomic E-state index is -0.0433. The van der Waals surface area contributed by atoms with Gasteiger partial charge in [0.05, 0.1) is 0 Å². The third kappa shape index (κ3) is 3.03. The number of halogens is 1. The quantitative estimate of drug-likeness (QED) is 0.765. The van der Waals surface area contributed by atoms with Crippen molar-refractivity contribution in [2.45, 2.75) is 0 Å². The fourth-order valence-electron chi connectivity index (χ4n) is 3.48. The third-order valence-corrected chi connectivity index (χ3v) is 5.07. The molecule has 1 saturated heterocycles. The molecule has 25 heavy (non-hydrogen) atoms. The zero-order valence-electron chi connectivity index (χ0n) is 14.1. The van der Waals surface area contributed by atoms with Gasteiger partial charge in [0.1, 0.15) is 5.69 Å². The van der Waals surface area contributed by atoms with E-state index in [9.17, 15) is 4.79 Å². The molecule has 0 radical (unpaired) electrons. The van der Waals surface area contributed by atoms with Crippen LogP contribution < -0.4 is 10.5 Å². The van der Waals surface area contributed by atoms with Crippen LogP contribution in [0.3, 0.4) is 0 Å². The normalized spacial score (nSPS) is 15.7. The molecule has 4 nitrogen and oxygen atoms in total. The molecule has 0 aliphatic carbocycles. The van der Waals surface area contributed by atoms with Gasteiger partial charge in [-0.05, 0) is 30.8 Å². The molecule has 0 atom stereocenters. The number of H-pyrrole nitrogens is 1. The van der Waals surface area contributed by atoms with E-state index in [0.717, 1.165) is 53.9 Å². The number of likely N-dealkylation sites (N-methyl/N-ethyl adjacent to an activating group) is 1. The summed E-state index contributed by atoms with van der Waals surface area (Å²) in [7, 11) is 2.11. The first-order valence-corrected chi connectivity index (χ1v) is 8.86. The topological polar surface area (TPSA) is 39.3 Å². The Kier molecular flexibility index (Phi) is 4.24. The Bertz CT molecular complexity index is 960. The van der Waals surface area contributed by atoms with E-state index in [2.05, 4.69) is 34.0 Å². The van der Waals surface area contributed by atoms with E-state index in [4.69, 9.17) is 11.6 Å². The van der Waals surface area contributed by atoms with Crippen LogP contribution in [0.1, 0.15) is 0 Å². The van der Waals surface area contributed by atoms with Crippen molar-refractivity contribution in [2.24, 2.45) is 0 Å². The molecule has 0 amide bonds. The Hall–Kier alpha value is -2.30. The van der Waals surface area contributed by atoms with Gasteiger partial charge in [0, 0.05) is 47.7 Å². The van der Waals surface area contributed by atoms with E-state index >= 15 is 0 Å². The molecule has 1 fully saturated rings. The predicted octanol–water partition coefficient (Wildman–Crippen LogP) is 3.60. The van der Waals surface area contributed by atoms with Crippen LogP contribution in [0.15, 0.2) is 53.3 Å². The minimum absolute atomic E-state index is 0.0433. The number of piperazine rings is 1. The molecule has 2 heterocycles. The number of pyridine rings is 1. The van der Waals surface area contributed by atoms with Crippen LogP contribution in [0.4, 0.5) is 5.69 Å². The summed E-state index contributed by atoms with van der Waals surface area (Å²) in [6, 6.07) is 15.7.